The first-order valence-corrected chi connectivity index (χ1v) is 7.25. The molecule has 9 heteroatoms. The summed E-state index contributed by atoms with van der Waals surface area (Å²) in [5, 5.41) is 12.6. The third kappa shape index (κ3) is 3.64. The van der Waals surface area contributed by atoms with Gasteiger partial charge in [0.05, 0.1) is 18.7 Å². The maximum Gasteiger partial charge on any atom is 0.350 e. The number of amidine groups is 1. The Bertz CT molecular complexity index is 893. The monoisotopic (exact) mass is 323 g/mol. The lowest BCUT2D eigenvalue weighted by Crippen LogP contribution is -2.32. The summed E-state index contributed by atoms with van der Waals surface area (Å²) in [6, 6.07) is 9.31. The van der Waals surface area contributed by atoms with Gasteiger partial charge in [0.25, 0.3) is 0 Å². The van der Waals surface area contributed by atoms with E-state index >= 15 is 0 Å². The molecule has 3 heterocycles. The zero-order valence-corrected chi connectivity index (χ0v) is 13.3. The van der Waals surface area contributed by atoms with Crippen molar-refractivity contribution in [2.75, 3.05) is 0 Å². The first-order chi connectivity index (χ1) is 11.7. The van der Waals surface area contributed by atoms with Crippen molar-refractivity contribution in [3.8, 4) is 0 Å². The number of aromatic nitrogens is 5. The molecule has 0 saturated carbocycles. The van der Waals surface area contributed by atoms with E-state index in [9.17, 15) is 0 Å². The third-order valence-corrected chi connectivity index (χ3v) is 3.18. The molecule has 0 saturated heterocycles. The van der Waals surface area contributed by atoms with Crippen LogP contribution in [-0.4, -0.2) is 25.6 Å². The molecule has 3 aromatic heterocycles. The zero-order chi connectivity index (χ0) is 16.8. The quantitative estimate of drug-likeness (QED) is 0.297. The van der Waals surface area contributed by atoms with Crippen molar-refractivity contribution in [2.45, 2.75) is 0 Å². The highest BCUT2D eigenvalue weighted by atomic mass is 15.4. The number of H-pyrrole nitrogens is 1. The molecule has 24 heavy (non-hydrogen) atoms. The second kappa shape index (κ2) is 7.18. The van der Waals surface area contributed by atoms with Gasteiger partial charge in [0.2, 0.25) is 5.84 Å². The van der Waals surface area contributed by atoms with Crippen molar-refractivity contribution in [1.29, 1.82) is 0 Å². The largest absolute Gasteiger partial charge is 0.350 e. The lowest BCUT2D eigenvalue weighted by molar-refractivity contribution is -0.660. The SMILES string of the molecule is Cn1nccc/c1=N/N/C(=N/[N]c1cccc[n+]1C)c1ncc[nH]1. The number of aryl methyl sites for hydroxylation is 2. The lowest BCUT2D eigenvalue weighted by atomic mass is 10.4. The zero-order valence-electron chi connectivity index (χ0n) is 13.3. The van der Waals surface area contributed by atoms with Crippen molar-refractivity contribution in [3.63, 3.8) is 0 Å². The summed E-state index contributed by atoms with van der Waals surface area (Å²) >= 11 is 0. The molecule has 3 rings (SSSR count). The number of nitrogens with zero attached hydrogens (tertiary/aromatic N) is 7. The van der Waals surface area contributed by atoms with Gasteiger partial charge in [-0.3, -0.25) is 5.43 Å². The van der Waals surface area contributed by atoms with Crippen LogP contribution >= 0.6 is 0 Å². The van der Waals surface area contributed by atoms with Gasteiger partial charge in [-0.25, -0.2) is 14.2 Å². The van der Waals surface area contributed by atoms with Crippen LogP contribution in [0, 0.1) is 0 Å². The van der Waals surface area contributed by atoms with Gasteiger partial charge >= 0.3 is 5.82 Å². The molecule has 0 atom stereocenters. The summed E-state index contributed by atoms with van der Waals surface area (Å²) in [6.07, 6.45) is 6.93. The van der Waals surface area contributed by atoms with Crippen LogP contribution in [0.5, 0.6) is 0 Å². The maximum absolute atomic E-state index is 4.29. The van der Waals surface area contributed by atoms with Crippen LogP contribution in [0.3, 0.4) is 0 Å². The predicted molar refractivity (Wildman–Crippen MR) is 86.4 cm³/mol. The summed E-state index contributed by atoms with van der Waals surface area (Å²) < 4.78 is 3.50. The van der Waals surface area contributed by atoms with E-state index in [2.05, 4.69) is 36.1 Å². The highest BCUT2D eigenvalue weighted by Gasteiger charge is 2.12. The first-order valence-electron chi connectivity index (χ1n) is 7.25. The van der Waals surface area contributed by atoms with Gasteiger partial charge in [0.1, 0.15) is 0 Å². The molecule has 121 valence electrons. The number of hydrogen-bond acceptors (Lipinski definition) is 4. The Hall–Kier alpha value is -3.49. The van der Waals surface area contributed by atoms with E-state index in [-0.39, 0.29) is 0 Å². The highest BCUT2D eigenvalue weighted by Crippen LogP contribution is 1.99. The Labute approximate surface area is 138 Å². The molecule has 0 aliphatic rings. The molecule has 9 nitrogen and oxygen atoms in total. The van der Waals surface area contributed by atoms with E-state index in [1.807, 2.05) is 42.1 Å². The van der Waals surface area contributed by atoms with Gasteiger partial charge in [-0.2, -0.15) is 10.2 Å². The summed E-state index contributed by atoms with van der Waals surface area (Å²) in [6.45, 7) is 0. The second-order valence-electron chi connectivity index (χ2n) is 4.89. The molecule has 0 aliphatic heterocycles. The molecule has 0 bridgehead atoms. The van der Waals surface area contributed by atoms with Crippen LogP contribution in [0.1, 0.15) is 5.82 Å². The summed E-state index contributed by atoms with van der Waals surface area (Å²) in [5.41, 5.74) is 7.77. The van der Waals surface area contributed by atoms with Crippen molar-refractivity contribution in [1.82, 2.24) is 30.6 Å². The van der Waals surface area contributed by atoms with Crippen molar-refractivity contribution >= 4 is 11.7 Å². The molecule has 0 aliphatic carbocycles. The van der Waals surface area contributed by atoms with Gasteiger partial charge in [-0.05, 0) is 23.3 Å². The minimum atomic E-state index is 0.396. The van der Waals surface area contributed by atoms with E-state index in [0.29, 0.717) is 23.0 Å². The van der Waals surface area contributed by atoms with Crippen molar-refractivity contribution < 1.29 is 4.57 Å². The molecule has 2 N–H and O–H groups in total. The van der Waals surface area contributed by atoms with Gasteiger partial charge in [0.15, 0.2) is 11.3 Å². The lowest BCUT2D eigenvalue weighted by Gasteiger charge is -2.01. The Morgan fingerprint density at radius 3 is 2.92 bits per heavy atom. The second-order valence-corrected chi connectivity index (χ2v) is 4.89. The molecule has 3 aromatic rings. The minimum Gasteiger partial charge on any atom is -0.342 e. The average Bonchev–Trinajstić information content (AvgIpc) is 3.12. The van der Waals surface area contributed by atoms with Crippen LogP contribution in [0.4, 0.5) is 5.82 Å². The Kier molecular flexibility index (Phi) is 4.61. The molecule has 0 unspecified atom stereocenters. The summed E-state index contributed by atoms with van der Waals surface area (Å²) in [7, 11) is 3.70. The normalized spacial score (nSPS) is 12.2. The number of aromatic amines is 1. The number of rotatable bonds is 4. The fraction of sp³-hybridized carbons (Fsp3) is 0.133. The van der Waals surface area contributed by atoms with E-state index in [4.69, 9.17) is 0 Å². The topological polar surface area (TPSA) is 101 Å². The van der Waals surface area contributed by atoms with Crippen LogP contribution in [0.2, 0.25) is 0 Å². The molecule has 0 spiro atoms. The van der Waals surface area contributed by atoms with Crippen LogP contribution < -0.4 is 20.9 Å². The van der Waals surface area contributed by atoms with E-state index in [1.54, 1.807) is 36.4 Å². The molecular formula is C15H17N9+. The summed E-state index contributed by atoms with van der Waals surface area (Å²) in [5.74, 6) is 1.63. The molecule has 0 fully saturated rings. The van der Waals surface area contributed by atoms with Crippen LogP contribution in [0.15, 0.2) is 65.3 Å². The summed E-state index contributed by atoms with van der Waals surface area (Å²) in [4.78, 5) is 7.17. The first kappa shape index (κ1) is 15.4. The molecule has 0 aromatic carbocycles. The number of nitrogens with one attached hydrogen (secondary N) is 2. The van der Waals surface area contributed by atoms with Crippen LogP contribution in [-0.2, 0) is 14.1 Å². The third-order valence-electron chi connectivity index (χ3n) is 3.18. The molecule has 1 radical (unpaired) electrons. The Balaban J connectivity index is 1.88. The van der Waals surface area contributed by atoms with Crippen LogP contribution in [0.25, 0.3) is 0 Å². The Morgan fingerprint density at radius 1 is 1.25 bits per heavy atom. The van der Waals surface area contributed by atoms with Gasteiger partial charge in [-0.15, -0.1) is 0 Å². The molecule has 0 amide bonds. The average molecular weight is 323 g/mol. The van der Waals surface area contributed by atoms with E-state index in [0.717, 1.165) is 0 Å². The number of pyridine rings is 1. The fourth-order valence-corrected chi connectivity index (χ4v) is 1.89. The van der Waals surface area contributed by atoms with E-state index in [1.165, 1.54) is 0 Å². The standard InChI is InChI=1S/C15H17N9/c1-23-11-4-3-6-12(23)19-21-15(14-16-9-10-17-14)22-20-13-7-5-8-18-24(13)2/h3-11H,1-2H3,(H,16,17)(H,21,22)/q+1/b20-13-. The van der Waals surface area contributed by atoms with Crippen molar-refractivity contribution in [2.24, 2.45) is 24.3 Å². The number of hydrogen-bond donors (Lipinski definition) is 2. The fourth-order valence-electron chi connectivity index (χ4n) is 1.89. The maximum atomic E-state index is 4.29. The highest BCUT2D eigenvalue weighted by molar-refractivity contribution is 5.95. The Morgan fingerprint density at radius 2 is 2.17 bits per heavy atom. The molecular weight excluding hydrogens is 306 g/mol. The van der Waals surface area contributed by atoms with Gasteiger partial charge < -0.3 is 4.98 Å². The smallest absolute Gasteiger partial charge is 0.342 e. The van der Waals surface area contributed by atoms with E-state index < -0.39 is 0 Å². The predicted octanol–water partition coefficient (Wildman–Crippen LogP) is -0.329. The van der Waals surface area contributed by atoms with Gasteiger partial charge in [0, 0.05) is 31.7 Å². The minimum absolute atomic E-state index is 0.396. The number of imidazole rings is 1. The van der Waals surface area contributed by atoms with Crippen molar-refractivity contribution in [3.05, 3.63) is 66.4 Å². The van der Waals surface area contributed by atoms with Gasteiger partial charge in [-0.1, -0.05) is 6.07 Å².